The number of nitrogens with one attached hydrogen (secondary N) is 1. The monoisotopic (exact) mass is 358 g/mol. The Kier molecular flexibility index (Phi) is 4.69. The minimum atomic E-state index is -0.182. The van der Waals surface area contributed by atoms with Crippen molar-refractivity contribution in [2.24, 2.45) is 0 Å². The van der Waals surface area contributed by atoms with Gasteiger partial charge >= 0.3 is 0 Å². The Morgan fingerprint density at radius 2 is 2.20 bits per heavy atom. The number of rotatable bonds is 3. The van der Waals surface area contributed by atoms with E-state index in [0.717, 1.165) is 11.3 Å². The molecule has 0 fully saturated rings. The summed E-state index contributed by atoms with van der Waals surface area (Å²) in [7, 11) is 0. The maximum absolute atomic E-state index is 12.5. The number of hydrogen-bond donors (Lipinski definition) is 1. The molecule has 3 heterocycles. The highest BCUT2D eigenvalue weighted by Gasteiger charge is 2.29. The van der Waals surface area contributed by atoms with E-state index in [1.165, 1.54) is 11.8 Å². The van der Waals surface area contributed by atoms with Crippen LogP contribution in [0, 0.1) is 6.92 Å². The zero-order valence-corrected chi connectivity index (χ0v) is 15.7. The molecule has 1 atom stereocenters. The fourth-order valence-electron chi connectivity index (χ4n) is 2.70. The van der Waals surface area contributed by atoms with E-state index in [0.29, 0.717) is 16.7 Å². The molecule has 132 valence electrons. The lowest BCUT2D eigenvalue weighted by Gasteiger charge is -2.19. The van der Waals surface area contributed by atoms with Crippen molar-refractivity contribution in [2.75, 3.05) is 11.1 Å². The molecule has 0 saturated heterocycles. The molecule has 1 aliphatic heterocycles. The van der Waals surface area contributed by atoms with E-state index in [1.54, 1.807) is 16.8 Å². The van der Waals surface area contributed by atoms with E-state index in [9.17, 15) is 9.59 Å². The third kappa shape index (κ3) is 3.76. The molecular formula is C18H22N4O2S. The van der Waals surface area contributed by atoms with E-state index >= 15 is 0 Å². The van der Waals surface area contributed by atoms with Crippen molar-refractivity contribution < 1.29 is 4.79 Å². The van der Waals surface area contributed by atoms with Gasteiger partial charge in [-0.2, -0.15) is 0 Å². The van der Waals surface area contributed by atoms with E-state index < -0.39 is 0 Å². The Labute approximate surface area is 151 Å². The smallest absolute Gasteiger partial charge is 0.254 e. The standard InChI is InChI=1S/C18H22N4O2S/c1-11-6-5-7-19-16(11)21-14(23)8-12-10-25-17-20-13(18(2,3)4)9-15(24)22(12)17/h5-7,9,12H,8,10H2,1-4H3,(H,19,21,23). The van der Waals surface area contributed by atoms with Gasteiger partial charge in [0.1, 0.15) is 5.82 Å². The quantitative estimate of drug-likeness (QED) is 0.854. The van der Waals surface area contributed by atoms with Crippen LogP contribution < -0.4 is 10.9 Å². The molecule has 3 rings (SSSR count). The SMILES string of the molecule is Cc1cccnc1NC(=O)CC1CSc2nc(C(C)(C)C)cc(=O)n21. The Morgan fingerprint density at radius 3 is 2.88 bits per heavy atom. The van der Waals surface area contributed by atoms with Gasteiger partial charge in [0.2, 0.25) is 5.91 Å². The number of anilines is 1. The van der Waals surface area contributed by atoms with Crippen LogP contribution in [0.4, 0.5) is 5.82 Å². The normalized spacial score (nSPS) is 16.6. The number of fused-ring (bicyclic) bond motifs is 1. The van der Waals surface area contributed by atoms with Crippen molar-refractivity contribution in [1.29, 1.82) is 0 Å². The molecule has 2 aromatic rings. The fraction of sp³-hybridized carbons (Fsp3) is 0.444. The number of carbonyl (C=O) groups excluding carboxylic acids is 1. The zero-order valence-electron chi connectivity index (χ0n) is 14.9. The minimum Gasteiger partial charge on any atom is -0.310 e. The molecule has 0 radical (unpaired) electrons. The number of aryl methyl sites for hydroxylation is 1. The highest BCUT2D eigenvalue weighted by molar-refractivity contribution is 7.99. The number of pyridine rings is 1. The molecule has 2 aromatic heterocycles. The first-order chi connectivity index (χ1) is 11.8. The van der Waals surface area contributed by atoms with Crippen LogP contribution in [-0.2, 0) is 10.2 Å². The van der Waals surface area contributed by atoms with Crippen molar-refractivity contribution in [3.63, 3.8) is 0 Å². The zero-order chi connectivity index (χ0) is 18.2. The fourth-order valence-corrected chi connectivity index (χ4v) is 3.85. The van der Waals surface area contributed by atoms with Gasteiger partial charge in [-0.3, -0.25) is 14.2 Å². The molecule has 7 heteroatoms. The first-order valence-electron chi connectivity index (χ1n) is 8.24. The van der Waals surface area contributed by atoms with Crippen LogP contribution in [0.5, 0.6) is 0 Å². The van der Waals surface area contributed by atoms with Gasteiger partial charge in [-0.15, -0.1) is 0 Å². The van der Waals surface area contributed by atoms with Gasteiger partial charge in [0.25, 0.3) is 5.56 Å². The summed E-state index contributed by atoms with van der Waals surface area (Å²) in [5.41, 5.74) is 1.42. The van der Waals surface area contributed by atoms with Crippen molar-refractivity contribution in [1.82, 2.24) is 14.5 Å². The predicted molar refractivity (Wildman–Crippen MR) is 99.2 cm³/mol. The summed E-state index contributed by atoms with van der Waals surface area (Å²) in [5, 5.41) is 3.53. The third-order valence-corrected chi connectivity index (χ3v) is 5.24. The molecule has 0 aromatic carbocycles. The molecule has 0 spiro atoms. The van der Waals surface area contributed by atoms with Gasteiger partial charge in [0.15, 0.2) is 5.16 Å². The Hall–Kier alpha value is -2.15. The lowest BCUT2D eigenvalue weighted by molar-refractivity contribution is -0.116. The number of hydrogen-bond acceptors (Lipinski definition) is 5. The molecule has 0 saturated carbocycles. The predicted octanol–water partition coefficient (Wildman–Crippen LogP) is 2.92. The maximum atomic E-state index is 12.5. The summed E-state index contributed by atoms with van der Waals surface area (Å²) >= 11 is 1.53. The summed E-state index contributed by atoms with van der Waals surface area (Å²) in [6.45, 7) is 7.99. The number of aromatic nitrogens is 3. The van der Waals surface area contributed by atoms with Crippen LogP contribution in [0.1, 0.15) is 44.5 Å². The first-order valence-corrected chi connectivity index (χ1v) is 9.22. The molecule has 1 N–H and O–H groups in total. The topological polar surface area (TPSA) is 76.9 Å². The Balaban J connectivity index is 1.78. The number of thioether (sulfide) groups is 1. The average Bonchev–Trinajstić information content (AvgIpc) is 2.92. The number of carbonyl (C=O) groups is 1. The first kappa shape index (κ1) is 17.7. The van der Waals surface area contributed by atoms with Crippen LogP contribution in [-0.4, -0.2) is 26.2 Å². The molecule has 6 nitrogen and oxygen atoms in total. The van der Waals surface area contributed by atoms with Crippen LogP contribution in [0.25, 0.3) is 0 Å². The minimum absolute atomic E-state index is 0.0910. The maximum Gasteiger partial charge on any atom is 0.254 e. The lowest BCUT2D eigenvalue weighted by Crippen LogP contribution is -2.29. The van der Waals surface area contributed by atoms with E-state index in [1.807, 2.05) is 39.8 Å². The highest BCUT2D eigenvalue weighted by atomic mass is 32.2. The second-order valence-corrected chi connectivity index (χ2v) is 8.26. The third-order valence-electron chi connectivity index (χ3n) is 4.15. The molecule has 0 bridgehead atoms. The second-order valence-electron chi connectivity index (χ2n) is 7.27. The van der Waals surface area contributed by atoms with E-state index in [2.05, 4.69) is 15.3 Å². The second kappa shape index (κ2) is 6.63. The highest BCUT2D eigenvalue weighted by Crippen LogP contribution is 2.33. The Morgan fingerprint density at radius 1 is 1.44 bits per heavy atom. The van der Waals surface area contributed by atoms with Gasteiger partial charge in [0.05, 0.1) is 11.7 Å². The molecular weight excluding hydrogens is 336 g/mol. The molecule has 1 amide bonds. The van der Waals surface area contributed by atoms with Crippen LogP contribution in [0.3, 0.4) is 0 Å². The van der Waals surface area contributed by atoms with Crippen molar-refractivity contribution in [3.8, 4) is 0 Å². The summed E-state index contributed by atoms with van der Waals surface area (Å²) in [4.78, 5) is 33.7. The van der Waals surface area contributed by atoms with E-state index in [4.69, 9.17) is 0 Å². The Bertz CT molecular complexity index is 870. The van der Waals surface area contributed by atoms with Gasteiger partial charge in [-0.1, -0.05) is 38.6 Å². The van der Waals surface area contributed by atoms with Crippen molar-refractivity contribution >= 4 is 23.5 Å². The summed E-state index contributed by atoms with van der Waals surface area (Å²) in [6, 6.07) is 5.13. The van der Waals surface area contributed by atoms with E-state index in [-0.39, 0.29) is 29.3 Å². The van der Waals surface area contributed by atoms with Gasteiger partial charge in [0, 0.05) is 29.9 Å². The van der Waals surface area contributed by atoms with Crippen molar-refractivity contribution in [3.05, 3.63) is 46.0 Å². The molecule has 1 aliphatic rings. The van der Waals surface area contributed by atoms with Gasteiger partial charge in [-0.05, 0) is 18.6 Å². The molecule has 1 unspecified atom stereocenters. The van der Waals surface area contributed by atoms with Gasteiger partial charge < -0.3 is 5.32 Å². The molecule has 25 heavy (non-hydrogen) atoms. The largest absolute Gasteiger partial charge is 0.310 e. The summed E-state index contributed by atoms with van der Waals surface area (Å²) in [6.07, 6.45) is 1.87. The molecule has 0 aliphatic carbocycles. The lowest BCUT2D eigenvalue weighted by atomic mass is 9.92. The van der Waals surface area contributed by atoms with Gasteiger partial charge in [-0.25, -0.2) is 9.97 Å². The number of nitrogens with zero attached hydrogens (tertiary/aromatic N) is 3. The summed E-state index contributed by atoms with van der Waals surface area (Å²) < 4.78 is 1.64. The van der Waals surface area contributed by atoms with Crippen LogP contribution in [0.15, 0.2) is 34.3 Å². The number of amides is 1. The summed E-state index contributed by atoms with van der Waals surface area (Å²) in [5.74, 6) is 1.09. The average molecular weight is 358 g/mol. The van der Waals surface area contributed by atoms with Crippen molar-refractivity contribution in [2.45, 2.75) is 50.7 Å². The van der Waals surface area contributed by atoms with Crippen LogP contribution in [0.2, 0.25) is 0 Å². The van der Waals surface area contributed by atoms with Crippen LogP contribution >= 0.6 is 11.8 Å².